The van der Waals surface area contributed by atoms with Crippen molar-refractivity contribution >= 4 is 6.09 Å². The molecule has 1 unspecified atom stereocenters. The molecular formula is C19H24FN3O3. The summed E-state index contributed by atoms with van der Waals surface area (Å²) >= 11 is 0. The van der Waals surface area contributed by atoms with Crippen molar-refractivity contribution in [3.63, 3.8) is 0 Å². The molecule has 0 saturated carbocycles. The normalized spacial score (nSPS) is 23.9. The number of hydrogen-bond donors (Lipinski definition) is 0. The number of rotatable bonds is 1. The maximum absolute atomic E-state index is 13.5. The number of nitrogens with zero attached hydrogens (tertiary/aromatic N) is 3. The van der Waals surface area contributed by atoms with Crippen molar-refractivity contribution < 1.29 is 18.7 Å². The van der Waals surface area contributed by atoms with Crippen LogP contribution in [0.2, 0.25) is 0 Å². The summed E-state index contributed by atoms with van der Waals surface area (Å²) in [6.45, 7) is 8.59. The van der Waals surface area contributed by atoms with Crippen LogP contribution in [0.1, 0.15) is 38.0 Å². The van der Waals surface area contributed by atoms with E-state index in [9.17, 15) is 9.18 Å². The first-order chi connectivity index (χ1) is 12.3. The topological polar surface area (TPSA) is 65.8 Å². The maximum Gasteiger partial charge on any atom is 0.410 e. The lowest BCUT2D eigenvalue weighted by molar-refractivity contribution is -0.0906. The molecule has 1 aromatic rings. The first-order valence-corrected chi connectivity index (χ1v) is 8.80. The number of carbonyl (C=O) groups excluding carboxylic acids is 1. The van der Waals surface area contributed by atoms with Crippen LogP contribution in [0.3, 0.4) is 0 Å². The summed E-state index contributed by atoms with van der Waals surface area (Å²) in [6.07, 6.45) is -0.497. The minimum Gasteiger partial charge on any atom is -0.444 e. The zero-order valence-corrected chi connectivity index (χ0v) is 15.4. The van der Waals surface area contributed by atoms with Crippen LogP contribution in [0.4, 0.5) is 9.18 Å². The fourth-order valence-electron chi connectivity index (χ4n) is 3.31. The highest BCUT2D eigenvalue weighted by Crippen LogP contribution is 2.28. The van der Waals surface area contributed by atoms with Crippen LogP contribution in [0.25, 0.3) is 0 Å². The number of nitriles is 1. The summed E-state index contributed by atoms with van der Waals surface area (Å²) in [5.74, 6) is -0.518. The number of hydrogen-bond acceptors (Lipinski definition) is 5. The van der Waals surface area contributed by atoms with Crippen molar-refractivity contribution in [2.75, 3.05) is 32.8 Å². The first-order valence-electron chi connectivity index (χ1n) is 8.80. The highest BCUT2D eigenvalue weighted by molar-refractivity contribution is 5.68. The molecule has 3 rings (SSSR count). The lowest BCUT2D eigenvalue weighted by Crippen LogP contribution is -2.60. The molecule has 0 radical (unpaired) electrons. The van der Waals surface area contributed by atoms with E-state index in [1.807, 2.05) is 26.8 Å². The van der Waals surface area contributed by atoms with Crippen LogP contribution in [0.15, 0.2) is 18.2 Å². The molecule has 1 aromatic carbocycles. The van der Waals surface area contributed by atoms with E-state index in [0.29, 0.717) is 26.2 Å². The molecule has 7 heteroatoms. The standard InChI is InChI=1S/C19H24FN3O3/c1-19(2,3)26-18(24)23-7-6-22-11-17(25-12-15(22)10-23)13-4-5-16(20)14(8-13)9-21/h4-5,8,15,17H,6-7,10-12H2,1-3H3/t15-,17?/m0/s1. The minimum absolute atomic E-state index is 0.0305. The molecule has 0 N–H and O–H groups in total. The molecule has 0 bridgehead atoms. The second kappa shape index (κ2) is 7.22. The molecule has 2 atom stereocenters. The summed E-state index contributed by atoms with van der Waals surface area (Å²) in [6, 6.07) is 6.51. The highest BCUT2D eigenvalue weighted by Gasteiger charge is 2.36. The van der Waals surface area contributed by atoms with E-state index in [-0.39, 0.29) is 23.8 Å². The van der Waals surface area contributed by atoms with Gasteiger partial charge in [0.1, 0.15) is 17.5 Å². The van der Waals surface area contributed by atoms with E-state index in [4.69, 9.17) is 14.7 Å². The van der Waals surface area contributed by atoms with Crippen molar-refractivity contribution in [3.8, 4) is 6.07 Å². The van der Waals surface area contributed by atoms with Gasteiger partial charge in [-0.2, -0.15) is 5.26 Å². The van der Waals surface area contributed by atoms with Gasteiger partial charge in [-0.05, 0) is 38.5 Å². The Morgan fingerprint density at radius 2 is 2.12 bits per heavy atom. The third kappa shape index (κ3) is 4.14. The monoisotopic (exact) mass is 361 g/mol. The third-order valence-electron chi connectivity index (χ3n) is 4.63. The van der Waals surface area contributed by atoms with E-state index in [1.54, 1.807) is 17.0 Å². The van der Waals surface area contributed by atoms with E-state index in [1.165, 1.54) is 6.07 Å². The van der Waals surface area contributed by atoms with Gasteiger partial charge in [-0.25, -0.2) is 9.18 Å². The molecule has 0 aromatic heterocycles. The van der Waals surface area contributed by atoms with Gasteiger partial charge in [-0.3, -0.25) is 4.90 Å². The largest absolute Gasteiger partial charge is 0.444 e. The lowest BCUT2D eigenvalue weighted by Gasteiger charge is -2.46. The quantitative estimate of drug-likeness (QED) is 0.769. The van der Waals surface area contributed by atoms with Crippen molar-refractivity contribution in [1.82, 2.24) is 9.80 Å². The lowest BCUT2D eigenvalue weighted by atomic mass is 10.0. The number of ether oxygens (including phenoxy) is 2. The van der Waals surface area contributed by atoms with Crippen LogP contribution in [0, 0.1) is 17.1 Å². The van der Waals surface area contributed by atoms with Gasteiger partial charge in [0.05, 0.1) is 24.3 Å². The van der Waals surface area contributed by atoms with Crippen molar-refractivity contribution in [3.05, 3.63) is 35.1 Å². The molecule has 140 valence electrons. The Bertz CT molecular complexity index is 726. The molecule has 2 heterocycles. The average molecular weight is 361 g/mol. The van der Waals surface area contributed by atoms with Crippen molar-refractivity contribution in [2.24, 2.45) is 0 Å². The second-order valence-corrected chi connectivity index (χ2v) is 7.75. The molecule has 2 aliphatic heterocycles. The molecule has 26 heavy (non-hydrogen) atoms. The number of carbonyl (C=O) groups is 1. The van der Waals surface area contributed by atoms with E-state index in [2.05, 4.69) is 4.90 Å². The Labute approximate surface area is 153 Å². The van der Waals surface area contributed by atoms with E-state index in [0.717, 1.165) is 12.1 Å². The molecule has 2 fully saturated rings. The predicted molar refractivity (Wildman–Crippen MR) is 93.0 cm³/mol. The van der Waals surface area contributed by atoms with Crippen molar-refractivity contribution in [1.29, 1.82) is 5.26 Å². The SMILES string of the molecule is CC(C)(C)OC(=O)N1CCN2CC(c3ccc(F)c(C#N)c3)OC[C@@H]2C1. The number of morpholine rings is 1. The highest BCUT2D eigenvalue weighted by atomic mass is 19.1. The van der Waals surface area contributed by atoms with Gasteiger partial charge >= 0.3 is 6.09 Å². The van der Waals surface area contributed by atoms with Crippen LogP contribution in [0.5, 0.6) is 0 Å². The number of halogens is 1. The van der Waals surface area contributed by atoms with Gasteiger partial charge in [0, 0.05) is 26.2 Å². The molecule has 2 saturated heterocycles. The number of amides is 1. The first kappa shape index (κ1) is 18.6. The van der Waals surface area contributed by atoms with E-state index >= 15 is 0 Å². The molecule has 0 aliphatic carbocycles. The van der Waals surface area contributed by atoms with Gasteiger partial charge in [0.15, 0.2) is 0 Å². The fourth-order valence-corrected chi connectivity index (χ4v) is 3.31. The van der Waals surface area contributed by atoms with Crippen molar-refractivity contribution in [2.45, 2.75) is 38.5 Å². The average Bonchev–Trinajstić information content (AvgIpc) is 2.59. The van der Waals surface area contributed by atoms with Crippen LogP contribution >= 0.6 is 0 Å². The Morgan fingerprint density at radius 3 is 2.81 bits per heavy atom. The Balaban J connectivity index is 1.62. The van der Waals surface area contributed by atoms with E-state index < -0.39 is 11.4 Å². The smallest absolute Gasteiger partial charge is 0.410 e. The third-order valence-corrected chi connectivity index (χ3v) is 4.63. The molecule has 6 nitrogen and oxygen atoms in total. The zero-order chi connectivity index (χ0) is 18.9. The summed E-state index contributed by atoms with van der Waals surface area (Å²) in [4.78, 5) is 16.3. The van der Waals surface area contributed by atoms with Gasteiger partial charge in [-0.1, -0.05) is 6.07 Å². The molecule has 2 aliphatic rings. The predicted octanol–water partition coefficient (Wildman–Crippen LogP) is 2.69. The summed E-state index contributed by atoms with van der Waals surface area (Å²) in [7, 11) is 0. The van der Waals surface area contributed by atoms with Gasteiger partial charge in [0.2, 0.25) is 0 Å². The Hall–Kier alpha value is -2.17. The molecule has 1 amide bonds. The number of fused-ring (bicyclic) bond motifs is 1. The van der Waals surface area contributed by atoms with Crippen LogP contribution in [-0.4, -0.2) is 60.3 Å². The summed E-state index contributed by atoms with van der Waals surface area (Å²) in [5, 5.41) is 9.00. The molecule has 0 spiro atoms. The zero-order valence-electron chi connectivity index (χ0n) is 15.4. The van der Waals surface area contributed by atoms with Gasteiger partial charge in [-0.15, -0.1) is 0 Å². The maximum atomic E-state index is 13.5. The summed E-state index contributed by atoms with van der Waals surface area (Å²) in [5.41, 5.74) is 0.322. The fraction of sp³-hybridized carbons (Fsp3) is 0.579. The van der Waals surface area contributed by atoms with Crippen LogP contribution in [-0.2, 0) is 9.47 Å². The van der Waals surface area contributed by atoms with Gasteiger partial charge in [0.25, 0.3) is 0 Å². The van der Waals surface area contributed by atoms with Crippen LogP contribution < -0.4 is 0 Å². The summed E-state index contributed by atoms with van der Waals surface area (Å²) < 4.78 is 24.9. The second-order valence-electron chi connectivity index (χ2n) is 7.75. The van der Waals surface area contributed by atoms with Gasteiger partial charge < -0.3 is 14.4 Å². The Kier molecular flexibility index (Phi) is 5.17. The molecular weight excluding hydrogens is 337 g/mol. The minimum atomic E-state index is -0.518. The number of benzene rings is 1. The number of piperazine rings is 1. The Morgan fingerprint density at radius 1 is 1.35 bits per heavy atom.